The van der Waals surface area contributed by atoms with Crippen LogP contribution in [0.5, 0.6) is 5.75 Å². The highest BCUT2D eigenvalue weighted by Crippen LogP contribution is 2.45. The van der Waals surface area contributed by atoms with Gasteiger partial charge in [0, 0.05) is 5.56 Å². The van der Waals surface area contributed by atoms with Gasteiger partial charge in [-0.3, -0.25) is 4.79 Å². The largest absolute Gasteiger partial charge is 0.504 e. The lowest BCUT2D eigenvalue weighted by Crippen LogP contribution is -2.34. The van der Waals surface area contributed by atoms with Crippen LogP contribution >= 0.6 is 15.9 Å². The molecule has 0 saturated heterocycles. The average Bonchev–Trinajstić information content (AvgIpc) is 2.81. The number of carboxylic acids is 1. The van der Waals surface area contributed by atoms with Gasteiger partial charge < -0.3 is 10.2 Å². The smallest absolute Gasteiger partial charge is 0.314 e. The molecular formula is C12H11BrF2O3. The third-order valence-electron chi connectivity index (χ3n) is 3.52. The van der Waals surface area contributed by atoms with Gasteiger partial charge in [-0.25, -0.2) is 4.39 Å². The zero-order valence-electron chi connectivity index (χ0n) is 9.34. The molecule has 0 radical (unpaired) electrons. The van der Waals surface area contributed by atoms with E-state index < -0.39 is 28.8 Å². The highest BCUT2D eigenvalue weighted by atomic mass is 79.9. The molecule has 0 amide bonds. The molecule has 0 spiro atoms. The Hall–Kier alpha value is -1.17. The van der Waals surface area contributed by atoms with Crippen molar-refractivity contribution in [3.63, 3.8) is 0 Å². The molecular weight excluding hydrogens is 310 g/mol. The number of hydrogen-bond donors (Lipinski definition) is 2. The lowest BCUT2D eigenvalue weighted by atomic mass is 9.78. The molecule has 1 saturated carbocycles. The molecule has 0 aromatic heterocycles. The summed E-state index contributed by atoms with van der Waals surface area (Å²) < 4.78 is 27.3. The minimum absolute atomic E-state index is 0.0380. The maximum atomic E-state index is 13.9. The Balaban J connectivity index is 2.67. The first kappa shape index (κ1) is 13.3. The second-order valence-corrected chi connectivity index (χ2v) is 5.33. The van der Waals surface area contributed by atoms with Gasteiger partial charge in [-0.1, -0.05) is 12.8 Å². The highest BCUT2D eigenvalue weighted by molar-refractivity contribution is 9.10. The van der Waals surface area contributed by atoms with Crippen molar-refractivity contribution >= 4 is 21.9 Å². The van der Waals surface area contributed by atoms with E-state index in [1.807, 2.05) is 0 Å². The maximum Gasteiger partial charge on any atom is 0.314 e. The monoisotopic (exact) mass is 320 g/mol. The van der Waals surface area contributed by atoms with Gasteiger partial charge in [0.25, 0.3) is 0 Å². The first-order valence-corrected chi connectivity index (χ1v) is 6.30. The molecule has 0 unspecified atom stereocenters. The van der Waals surface area contributed by atoms with Crippen molar-refractivity contribution in [3.05, 3.63) is 27.7 Å². The van der Waals surface area contributed by atoms with Gasteiger partial charge in [-0.05, 0) is 34.8 Å². The van der Waals surface area contributed by atoms with E-state index in [1.54, 1.807) is 0 Å². The number of halogens is 3. The first-order valence-electron chi connectivity index (χ1n) is 5.50. The van der Waals surface area contributed by atoms with Gasteiger partial charge in [-0.2, -0.15) is 4.39 Å². The van der Waals surface area contributed by atoms with E-state index in [0.717, 1.165) is 6.07 Å². The van der Waals surface area contributed by atoms with Crippen molar-refractivity contribution in [1.29, 1.82) is 0 Å². The molecule has 1 aliphatic rings. The van der Waals surface area contributed by atoms with Crippen molar-refractivity contribution in [2.75, 3.05) is 0 Å². The molecule has 2 rings (SSSR count). The van der Waals surface area contributed by atoms with Gasteiger partial charge in [0.1, 0.15) is 0 Å². The van der Waals surface area contributed by atoms with Crippen molar-refractivity contribution < 1.29 is 23.8 Å². The fraction of sp³-hybridized carbons (Fsp3) is 0.417. The summed E-state index contributed by atoms with van der Waals surface area (Å²) in [5.41, 5.74) is -1.59. The molecule has 1 aromatic carbocycles. The number of aromatic hydroxyl groups is 1. The van der Waals surface area contributed by atoms with Crippen LogP contribution in [0.25, 0.3) is 0 Å². The highest BCUT2D eigenvalue weighted by Gasteiger charge is 2.45. The lowest BCUT2D eigenvalue weighted by Gasteiger charge is -2.25. The summed E-state index contributed by atoms with van der Waals surface area (Å²) in [5.74, 6) is -4.68. The van der Waals surface area contributed by atoms with E-state index in [2.05, 4.69) is 15.9 Å². The van der Waals surface area contributed by atoms with Crippen molar-refractivity contribution in [1.82, 2.24) is 0 Å². The van der Waals surface area contributed by atoms with Crippen LogP contribution in [0.4, 0.5) is 8.78 Å². The Bertz CT molecular complexity index is 511. The number of aliphatic carboxylic acids is 1. The average molecular weight is 321 g/mol. The van der Waals surface area contributed by atoms with Crippen molar-refractivity contribution in [2.45, 2.75) is 31.1 Å². The third kappa shape index (κ3) is 1.79. The van der Waals surface area contributed by atoms with Crippen molar-refractivity contribution in [3.8, 4) is 5.75 Å². The minimum Gasteiger partial charge on any atom is -0.504 e. The second-order valence-electron chi connectivity index (χ2n) is 4.48. The zero-order valence-corrected chi connectivity index (χ0v) is 10.9. The normalized spacial score (nSPS) is 17.9. The Morgan fingerprint density at radius 2 is 1.83 bits per heavy atom. The molecule has 2 N–H and O–H groups in total. The number of phenolic OH excluding ortho intramolecular Hbond substituents is 1. The molecule has 0 heterocycles. The maximum absolute atomic E-state index is 13.9. The van der Waals surface area contributed by atoms with Crippen LogP contribution < -0.4 is 0 Å². The van der Waals surface area contributed by atoms with Gasteiger partial charge in [-0.15, -0.1) is 0 Å². The van der Waals surface area contributed by atoms with Gasteiger partial charge in [0.2, 0.25) is 5.82 Å². The Labute approximate surface area is 111 Å². The van der Waals surface area contributed by atoms with E-state index in [-0.39, 0.29) is 22.9 Å². The number of benzene rings is 1. The van der Waals surface area contributed by atoms with Crippen LogP contribution in [0.2, 0.25) is 0 Å². The van der Waals surface area contributed by atoms with Crippen LogP contribution in [0.3, 0.4) is 0 Å². The summed E-state index contributed by atoms with van der Waals surface area (Å²) in [7, 11) is 0. The topological polar surface area (TPSA) is 57.5 Å². The van der Waals surface area contributed by atoms with E-state index in [9.17, 15) is 23.8 Å². The van der Waals surface area contributed by atoms with E-state index in [0.29, 0.717) is 12.8 Å². The molecule has 1 fully saturated rings. The van der Waals surface area contributed by atoms with Gasteiger partial charge in [0.15, 0.2) is 11.6 Å². The van der Waals surface area contributed by atoms with E-state index >= 15 is 0 Å². The molecule has 1 aromatic rings. The summed E-state index contributed by atoms with van der Waals surface area (Å²) in [6, 6.07) is 1.16. The molecule has 1 aliphatic carbocycles. The standard InChI is InChI=1S/C12H11BrF2O3/c13-7-5-6(8(14)9(15)10(7)16)12(11(17)18)3-1-2-4-12/h5,16H,1-4H2,(H,17,18). The lowest BCUT2D eigenvalue weighted by molar-refractivity contribution is -0.143. The van der Waals surface area contributed by atoms with Crippen LogP contribution in [-0.2, 0) is 10.2 Å². The van der Waals surface area contributed by atoms with Crippen LogP contribution in [-0.4, -0.2) is 16.2 Å². The SMILES string of the molecule is O=C(O)C1(c2cc(Br)c(O)c(F)c2F)CCCC1. The van der Waals surface area contributed by atoms with Gasteiger partial charge in [0.05, 0.1) is 9.89 Å². The zero-order chi connectivity index (χ0) is 13.5. The molecule has 18 heavy (non-hydrogen) atoms. The predicted molar refractivity (Wildman–Crippen MR) is 63.5 cm³/mol. The second kappa shape index (κ2) is 4.50. The number of carbonyl (C=O) groups is 1. The first-order chi connectivity index (χ1) is 8.40. The summed E-state index contributed by atoms with van der Waals surface area (Å²) in [4.78, 5) is 11.4. The predicted octanol–water partition coefficient (Wildman–Crippen LogP) is 3.33. The number of carboxylic acid groups (broad SMARTS) is 1. The number of hydrogen-bond acceptors (Lipinski definition) is 2. The van der Waals surface area contributed by atoms with Crippen LogP contribution in [0.1, 0.15) is 31.2 Å². The molecule has 0 atom stereocenters. The number of phenols is 1. The Kier molecular flexibility index (Phi) is 3.31. The van der Waals surface area contributed by atoms with Crippen LogP contribution in [0, 0.1) is 11.6 Å². The van der Waals surface area contributed by atoms with Crippen molar-refractivity contribution in [2.24, 2.45) is 0 Å². The van der Waals surface area contributed by atoms with E-state index in [4.69, 9.17) is 0 Å². The third-order valence-corrected chi connectivity index (χ3v) is 4.12. The summed E-state index contributed by atoms with van der Waals surface area (Å²) in [6.07, 6.45) is 1.86. The fourth-order valence-corrected chi connectivity index (χ4v) is 2.91. The number of rotatable bonds is 2. The van der Waals surface area contributed by atoms with Crippen LogP contribution in [0.15, 0.2) is 10.5 Å². The quantitative estimate of drug-likeness (QED) is 0.822. The Morgan fingerprint density at radius 3 is 2.33 bits per heavy atom. The summed E-state index contributed by atoms with van der Waals surface area (Å²) in [6.45, 7) is 0. The van der Waals surface area contributed by atoms with Gasteiger partial charge >= 0.3 is 5.97 Å². The fourth-order valence-electron chi connectivity index (χ4n) is 2.51. The molecule has 98 valence electrons. The molecule has 6 heteroatoms. The molecule has 0 bridgehead atoms. The Morgan fingerprint density at radius 1 is 1.28 bits per heavy atom. The minimum atomic E-state index is -1.41. The summed E-state index contributed by atoms with van der Waals surface area (Å²) >= 11 is 2.90. The van der Waals surface area contributed by atoms with E-state index in [1.165, 1.54) is 0 Å². The summed E-state index contributed by atoms with van der Waals surface area (Å²) in [5, 5.41) is 18.6. The molecule has 0 aliphatic heterocycles. The molecule has 3 nitrogen and oxygen atoms in total.